The first-order chi connectivity index (χ1) is 7.11. The van der Waals surface area contributed by atoms with Crippen LogP contribution in [0.1, 0.15) is 25.7 Å². The van der Waals surface area contributed by atoms with Crippen molar-refractivity contribution in [3.8, 4) is 0 Å². The van der Waals surface area contributed by atoms with E-state index in [1.165, 1.54) is 12.8 Å². The van der Waals surface area contributed by atoms with E-state index >= 15 is 0 Å². The van der Waals surface area contributed by atoms with E-state index in [-0.39, 0.29) is 6.04 Å². The number of sulfone groups is 1. The normalized spacial score (nSPS) is 39.7. The van der Waals surface area contributed by atoms with E-state index in [2.05, 4.69) is 5.32 Å². The second-order valence-electron chi connectivity index (χ2n) is 4.80. The van der Waals surface area contributed by atoms with Gasteiger partial charge in [0.15, 0.2) is 9.84 Å². The van der Waals surface area contributed by atoms with Crippen LogP contribution in [0.15, 0.2) is 0 Å². The monoisotopic (exact) mass is 232 g/mol. The van der Waals surface area contributed by atoms with Gasteiger partial charge in [-0.25, -0.2) is 8.42 Å². The van der Waals surface area contributed by atoms with Crippen LogP contribution in [0.2, 0.25) is 0 Å². The van der Waals surface area contributed by atoms with Gasteiger partial charge in [-0.1, -0.05) is 6.42 Å². The molecule has 2 aliphatic rings. The fraction of sp³-hybridized carbons (Fsp3) is 1.00. The second kappa shape index (κ2) is 4.39. The van der Waals surface area contributed by atoms with Crippen molar-refractivity contribution in [1.82, 2.24) is 5.32 Å². The largest absolute Gasteiger partial charge is 0.330 e. The Morgan fingerprint density at radius 2 is 2.07 bits per heavy atom. The third-order valence-electron chi connectivity index (χ3n) is 3.64. The summed E-state index contributed by atoms with van der Waals surface area (Å²) >= 11 is 0. The van der Waals surface area contributed by atoms with E-state index in [0.717, 1.165) is 19.4 Å². The van der Waals surface area contributed by atoms with Crippen molar-refractivity contribution >= 4 is 9.84 Å². The highest BCUT2D eigenvalue weighted by atomic mass is 32.2. The molecule has 1 saturated carbocycles. The third-order valence-corrected chi connectivity index (χ3v) is 5.41. The Morgan fingerprint density at radius 1 is 1.27 bits per heavy atom. The molecule has 4 nitrogen and oxygen atoms in total. The summed E-state index contributed by atoms with van der Waals surface area (Å²) in [5.41, 5.74) is 5.69. The lowest BCUT2D eigenvalue weighted by molar-refractivity contribution is 0.372. The van der Waals surface area contributed by atoms with Gasteiger partial charge in [-0.2, -0.15) is 0 Å². The van der Waals surface area contributed by atoms with Crippen molar-refractivity contribution in [1.29, 1.82) is 0 Å². The van der Waals surface area contributed by atoms with Crippen molar-refractivity contribution in [2.45, 2.75) is 37.8 Å². The van der Waals surface area contributed by atoms with E-state index < -0.39 is 9.84 Å². The molecule has 0 bridgehead atoms. The Hall–Kier alpha value is -0.130. The number of nitrogens with two attached hydrogens (primary N) is 1. The predicted molar refractivity (Wildman–Crippen MR) is 60.4 cm³/mol. The summed E-state index contributed by atoms with van der Waals surface area (Å²) in [7, 11) is -2.76. The van der Waals surface area contributed by atoms with Gasteiger partial charge < -0.3 is 11.1 Å². The first kappa shape index (κ1) is 11.4. The minimum absolute atomic E-state index is 0.173. The van der Waals surface area contributed by atoms with Crippen LogP contribution >= 0.6 is 0 Å². The van der Waals surface area contributed by atoms with Crippen LogP contribution in [0.4, 0.5) is 0 Å². The zero-order chi connectivity index (χ0) is 10.9. The quantitative estimate of drug-likeness (QED) is 0.712. The molecule has 15 heavy (non-hydrogen) atoms. The standard InChI is InChI=1S/C10H20N2O2S/c11-6-8-2-1-3-10(8)12-9-4-5-15(13,14)7-9/h8-10,12H,1-7,11H2. The van der Waals surface area contributed by atoms with Crippen molar-refractivity contribution in [2.24, 2.45) is 11.7 Å². The molecule has 1 aliphatic heterocycles. The molecule has 88 valence electrons. The number of rotatable bonds is 3. The van der Waals surface area contributed by atoms with Crippen molar-refractivity contribution in [2.75, 3.05) is 18.1 Å². The zero-order valence-electron chi connectivity index (χ0n) is 8.98. The van der Waals surface area contributed by atoms with Crippen LogP contribution in [-0.2, 0) is 9.84 Å². The van der Waals surface area contributed by atoms with Gasteiger partial charge in [0.05, 0.1) is 11.5 Å². The molecule has 0 amide bonds. The van der Waals surface area contributed by atoms with Crippen LogP contribution < -0.4 is 11.1 Å². The Bertz CT molecular complexity index is 315. The molecule has 3 unspecified atom stereocenters. The maximum Gasteiger partial charge on any atom is 0.151 e. The zero-order valence-corrected chi connectivity index (χ0v) is 9.80. The van der Waals surface area contributed by atoms with E-state index in [0.29, 0.717) is 23.5 Å². The topological polar surface area (TPSA) is 72.2 Å². The maximum atomic E-state index is 11.3. The van der Waals surface area contributed by atoms with Gasteiger partial charge in [0.25, 0.3) is 0 Å². The second-order valence-corrected chi connectivity index (χ2v) is 7.03. The molecule has 0 aromatic heterocycles. The highest BCUT2D eigenvalue weighted by molar-refractivity contribution is 7.91. The Morgan fingerprint density at radius 3 is 2.67 bits per heavy atom. The predicted octanol–water partition coefficient (Wildman–Crippen LogP) is -0.109. The lowest BCUT2D eigenvalue weighted by atomic mass is 10.0. The van der Waals surface area contributed by atoms with Gasteiger partial charge in [0, 0.05) is 12.1 Å². The van der Waals surface area contributed by atoms with Gasteiger partial charge in [0.1, 0.15) is 0 Å². The third kappa shape index (κ3) is 2.71. The van der Waals surface area contributed by atoms with E-state index in [1.807, 2.05) is 0 Å². The molecular weight excluding hydrogens is 212 g/mol. The molecular formula is C10H20N2O2S. The fourth-order valence-electron chi connectivity index (χ4n) is 2.77. The lowest BCUT2D eigenvalue weighted by Crippen LogP contribution is -2.43. The maximum absolute atomic E-state index is 11.3. The molecule has 3 N–H and O–H groups in total. The van der Waals surface area contributed by atoms with Crippen molar-refractivity contribution < 1.29 is 8.42 Å². The average molecular weight is 232 g/mol. The van der Waals surface area contributed by atoms with Crippen LogP contribution in [0.25, 0.3) is 0 Å². The minimum Gasteiger partial charge on any atom is -0.330 e. The Labute approximate surface area is 91.5 Å². The number of hydrogen-bond donors (Lipinski definition) is 2. The van der Waals surface area contributed by atoms with Crippen molar-refractivity contribution in [3.05, 3.63) is 0 Å². The van der Waals surface area contributed by atoms with Gasteiger partial charge in [-0.3, -0.25) is 0 Å². The van der Waals surface area contributed by atoms with Crippen LogP contribution in [-0.4, -0.2) is 38.6 Å². The summed E-state index contributed by atoms with van der Waals surface area (Å²) in [5, 5.41) is 3.48. The number of nitrogens with one attached hydrogen (secondary N) is 1. The Balaban J connectivity index is 1.87. The molecule has 1 saturated heterocycles. The summed E-state index contributed by atoms with van der Waals surface area (Å²) < 4.78 is 22.6. The molecule has 0 aromatic rings. The Kier molecular flexibility index (Phi) is 3.33. The summed E-state index contributed by atoms with van der Waals surface area (Å²) in [4.78, 5) is 0. The molecule has 0 spiro atoms. The van der Waals surface area contributed by atoms with Crippen LogP contribution in [0.5, 0.6) is 0 Å². The smallest absolute Gasteiger partial charge is 0.151 e. The summed E-state index contributed by atoms with van der Waals surface area (Å²) in [5.74, 6) is 1.22. The fourth-order valence-corrected chi connectivity index (χ4v) is 4.45. The molecule has 5 heteroatoms. The molecule has 3 atom stereocenters. The molecule has 2 fully saturated rings. The van der Waals surface area contributed by atoms with E-state index in [4.69, 9.17) is 5.73 Å². The minimum atomic E-state index is -2.76. The summed E-state index contributed by atoms with van der Waals surface area (Å²) in [6.07, 6.45) is 4.33. The molecule has 1 heterocycles. The van der Waals surface area contributed by atoms with Crippen LogP contribution in [0, 0.1) is 5.92 Å². The summed E-state index contributed by atoms with van der Waals surface area (Å²) in [6, 6.07) is 0.625. The lowest BCUT2D eigenvalue weighted by Gasteiger charge is -2.23. The highest BCUT2D eigenvalue weighted by Crippen LogP contribution is 2.26. The molecule has 0 aromatic carbocycles. The molecule has 1 aliphatic carbocycles. The van der Waals surface area contributed by atoms with Crippen LogP contribution in [0.3, 0.4) is 0 Å². The SMILES string of the molecule is NCC1CCCC1NC1CCS(=O)(=O)C1. The highest BCUT2D eigenvalue weighted by Gasteiger charge is 2.33. The van der Waals surface area contributed by atoms with E-state index in [9.17, 15) is 8.42 Å². The van der Waals surface area contributed by atoms with Gasteiger partial charge in [0.2, 0.25) is 0 Å². The number of hydrogen-bond acceptors (Lipinski definition) is 4. The van der Waals surface area contributed by atoms with Gasteiger partial charge in [-0.15, -0.1) is 0 Å². The summed E-state index contributed by atoms with van der Waals surface area (Å²) in [6.45, 7) is 0.719. The average Bonchev–Trinajstić information content (AvgIpc) is 2.73. The molecule has 0 radical (unpaired) electrons. The first-order valence-corrected chi connectivity index (χ1v) is 7.59. The molecule has 2 rings (SSSR count). The van der Waals surface area contributed by atoms with Crippen molar-refractivity contribution in [3.63, 3.8) is 0 Å². The first-order valence-electron chi connectivity index (χ1n) is 5.77. The van der Waals surface area contributed by atoms with Gasteiger partial charge >= 0.3 is 0 Å². The van der Waals surface area contributed by atoms with E-state index in [1.54, 1.807) is 0 Å². The van der Waals surface area contributed by atoms with Gasteiger partial charge in [-0.05, 0) is 31.7 Å².